The van der Waals surface area contributed by atoms with E-state index in [1.165, 1.54) is 19.2 Å². The summed E-state index contributed by atoms with van der Waals surface area (Å²) in [5, 5.41) is 0. The largest absolute Gasteiger partial charge is 0.486 e. The molecule has 0 unspecified atom stereocenters. The molecule has 2 aromatic carbocycles. The van der Waals surface area contributed by atoms with E-state index in [4.69, 9.17) is 9.47 Å². The minimum Gasteiger partial charge on any atom is -0.486 e. The Hall–Kier alpha value is -2.58. The fourth-order valence-electron chi connectivity index (χ4n) is 3.70. The first-order chi connectivity index (χ1) is 13.5. The lowest BCUT2D eigenvalue weighted by Gasteiger charge is -2.27. The molecule has 2 aromatic rings. The summed E-state index contributed by atoms with van der Waals surface area (Å²) in [5.41, 5.74) is 1.36. The Kier molecular flexibility index (Phi) is 4.99. The van der Waals surface area contributed by atoms with Crippen LogP contribution in [0.15, 0.2) is 47.4 Å². The Balaban J connectivity index is 1.62. The second kappa shape index (κ2) is 7.44. The van der Waals surface area contributed by atoms with Crippen molar-refractivity contribution in [3.05, 3.63) is 53.6 Å². The predicted octanol–water partition coefficient (Wildman–Crippen LogP) is 2.34. The molecular formula is C20H22N2O5S. The summed E-state index contributed by atoms with van der Waals surface area (Å²) in [5.74, 6) is 1.24. The van der Waals surface area contributed by atoms with Crippen molar-refractivity contribution in [3.63, 3.8) is 0 Å². The van der Waals surface area contributed by atoms with Gasteiger partial charge >= 0.3 is 0 Å². The number of rotatable bonds is 4. The fourth-order valence-corrected chi connectivity index (χ4v) is 4.48. The van der Waals surface area contributed by atoms with Crippen molar-refractivity contribution in [1.82, 2.24) is 9.62 Å². The quantitative estimate of drug-likeness (QED) is 0.849. The van der Waals surface area contributed by atoms with Gasteiger partial charge in [-0.15, -0.1) is 0 Å². The first-order valence-corrected chi connectivity index (χ1v) is 10.7. The lowest BCUT2D eigenvalue weighted by molar-refractivity contribution is 0.0735. The van der Waals surface area contributed by atoms with Crippen LogP contribution in [0, 0.1) is 0 Å². The molecule has 0 spiro atoms. The number of amides is 1. The molecule has 1 saturated heterocycles. The smallest absolute Gasteiger partial charge is 0.254 e. The van der Waals surface area contributed by atoms with Crippen molar-refractivity contribution in [3.8, 4) is 11.5 Å². The van der Waals surface area contributed by atoms with Crippen LogP contribution in [-0.2, 0) is 10.0 Å². The molecule has 1 atom stereocenters. The first kappa shape index (κ1) is 18.8. The van der Waals surface area contributed by atoms with Crippen molar-refractivity contribution in [2.75, 3.05) is 26.8 Å². The minimum absolute atomic E-state index is 0.0760. The SMILES string of the molecule is CNS(=O)(=O)c1cccc(C(=O)N2CCC[C@H]2c2ccc3c(c2)OCCO3)c1. The Bertz CT molecular complexity index is 1010. The summed E-state index contributed by atoms with van der Waals surface area (Å²) >= 11 is 0. The average Bonchev–Trinajstić information content (AvgIpc) is 3.23. The van der Waals surface area contributed by atoms with E-state index in [9.17, 15) is 13.2 Å². The van der Waals surface area contributed by atoms with Crippen LogP contribution < -0.4 is 14.2 Å². The van der Waals surface area contributed by atoms with Gasteiger partial charge in [0.2, 0.25) is 10.0 Å². The van der Waals surface area contributed by atoms with Gasteiger partial charge in [0.25, 0.3) is 5.91 Å². The maximum absolute atomic E-state index is 13.1. The van der Waals surface area contributed by atoms with Crippen LogP contribution in [0.3, 0.4) is 0 Å². The van der Waals surface area contributed by atoms with Gasteiger partial charge in [-0.05, 0) is 55.8 Å². The standard InChI is InChI=1S/C20H22N2O5S/c1-21-28(24,25)16-5-2-4-15(12-16)20(23)22-9-3-6-17(22)14-7-8-18-19(13-14)27-11-10-26-18/h2,4-5,7-8,12-13,17,21H,3,6,9-11H2,1H3/t17-/m0/s1. The Morgan fingerprint density at radius 1 is 1.11 bits per heavy atom. The van der Waals surface area contributed by atoms with Gasteiger partial charge < -0.3 is 14.4 Å². The number of hydrogen-bond acceptors (Lipinski definition) is 5. The number of carbonyl (C=O) groups excluding carboxylic acids is 1. The molecule has 4 rings (SSSR count). The van der Waals surface area contributed by atoms with E-state index in [1.54, 1.807) is 17.0 Å². The van der Waals surface area contributed by atoms with Gasteiger partial charge in [0.1, 0.15) is 13.2 Å². The number of hydrogen-bond donors (Lipinski definition) is 1. The van der Waals surface area contributed by atoms with Crippen LogP contribution in [0.5, 0.6) is 11.5 Å². The van der Waals surface area contributed by atoms with Crippen LogP contribution in [-0.4, -0.2) is 46.0 Å². The van der Waals surface area contributed by atoms with Gasteiger partial charge in [-0.1, -0.05) is 12.1 Å². The molecule has 1 N–H and O–H groups in total. The van der Waals surface area contributed by atoms with Gasteiger partial charge in [-0.25, -0.2) is 13.1 Å². The zero-order valence-corrected chi connectivity index (χ0v) is 16.4. The topological polar surface area (TPSA) is 84.9 Å². The molecule has 0 saturated carbocycles. The van der Waals surface area contributed by atoms with Crippen molar-refractivity contribution < 1.29 is 22.7 Å². The van der Waals surface area contributed by atoms with E-state index in [-0.39, 0.29) is 16.8 Å². The lowest BCUT2D eigenvalue weighted by Crippen LogP contribution is -2.31. The molecule has 0 bridgehead atoms. The van der Waals surface area contributed by atoms with Crippen molar-refractivity contribution in [2.45, 2.75) is 23.8 Å². The monoisotopic (exact) mass is 402 g/mol. The van der Waals surface area contributed by atoms with Gasteiger partial charge in [0.15, 0.2) is 11.5 Å². The Morgan fingerprint density at radius 3 is 2.68 bits per heavy atom. The van der Waals surface area contributed by atoms with Crippen LogP contribution in [0.2, 0.25) is 0 Å². The summed E-state index contributed by atoms with van der Waals surface area (Å²) in [7, 11) is -2.26. The molecule has 0 aliphatic carbocycles. The van der Waals surface area contributed by atoms with Crippen LogP contribution >= 0.6 is 0 Å². The maximum Gasteiger partial charge on any atom is 0.254 e. The molecular weight excluding hydrogens is 380 g/mol. The number of nitrogens with one attached hydrogen (secondary N) is 1. The van der Waals surface area contributed by atoms with E-state index in [0.717, 1.165) is 24.2 Å². The highest BCUT2D eigenvalue weighted by molar-refractivity contribution is 7.89. The van der Waals surface area contributed by atoms with Crippen LogP contribution in [0.1, 0.15) is 34.8 Å². The first-order valence-electron chi connectivity index (χ1n) is 9.24. The molecule has 28 heavy (non-hydrogen) atoms. The van der Waals surface area contributed by atoms with E-state index < -0.39 is 10.0 Å². The molecule has 2 aliphatic heterocycles. The Labute approximate surface area is 164 Å². The molecule has 2 aliphatic rings. The molecule has 1 fully saturated rings. The zero-order valence-electron chi connectivity index (χ0n) is 15.6. The maximum atomic E-state index is 13.1. The summed E-state index contributed by atoms with van der Waals surface area (Å²) < 4.78 is 37.6. The highest BCUT2D eigenvalue weighted by atomic mass is 32.2. The second-order valence-corrected chi connectivity index (χ2v) is 8.68. The van der Waals surface area contributed by atoms with Gasteiger partial charge in [0.05, 0.1) is 10.9 Å². The van der Waals surface area contributed by atoms with Gasteiger partial charge in [-0.2, -0.15) is 0 Å². The minimum atomic E-state index is -3.60. The third kappa shape index (κ3) is 3.45. The number of benzene rings is 2. The molecule has 2 heterocycles. The lowest BCUT2D eigenvalue weighted by atomic mass is 10.0. The molecule has 148 valence electrons. The molecule has 0 radical (unpaired) electrons. The number of fused-ring (bicyclic) bond motifs is 1. The molecule has 0 aromatic heterocycles. The summed E-state index contributed by atoms with van der Waals surface area (Å²) in [4.78, 5) is 15.0. The number of nitrogens with zero attached hydrogens (tertiary/aromatic N) is 1. The second-order valence-electron chi connectivity index (χ2n) is 6.80. The van der Waals surface area contributed by atoms with E-state index >= 15 is 0 Å². The van der Waals surface area contributed by atoms with E-state index in [2.05, 4.69) is 4.72 Å². The van der Waals surface area contributed by atoms with Gasteiger partial charge in [0, 0.05) is 12.1 Å². The summed E-state index contributed by atoms with van der Waals surface area (Å²) in [6.45, 7) is 1.67. The van der Waals surface area contributed by atoms with Crippen LogP contribution in [0.4, 0.5) is 0 Å². The van der Waals surface area contributed by atoms with Crippen molar-refractivity contribution >= 4 is 15.9 Å². The molecule has 8 heteroatoms. The number of carbonyl (C=O) groups is 1. The molecule has 7 nitrogen and oxygen atoms in total. The van der Waals surface area contributed by atoms with E-state index in [1.807, 2.05) is 18.2 Å². The number of sulfonamides is 1. The Morgan fingerprint density at radius 2 is 1.89 bits per heavy atom. The predicted molar refractivity (Wildman–Crippen MR) is 103 cm³/mol. The normalized spacial score (nSPS) is 18.9. The van der Waals surface area contributed by atoms with Crippen LogP contribution in [0.25, 0.3) is 0 Å². The third-order valence-corrected chi connectivity index (χ3v) is 6.54. The molecule has 1 amide bonds. The highest BCUT2D eigenvalue weighted by Gasteiger charge is 2.32. The van der Waals surface area contributed by atoms with Crippen molar-refractivity contribution in [2.24, 2.45) is 0 Å². The number of likely N-dealkylation sites (tertiary alicyclic amines) is 1. The number of ether oxygens (including phenoxy) is 2. The third-order valence-electron chi connectivity index (χ3n) is 5.12. The summed E-state index contributed by atoms with van der Waals surface area (Å²) in [6, 6.07) is 11.8. The highest BCUT2D eigenvalue weighted by Crippen LogP contribution is 2.38. The zero-order chi connectivity index (χ0) is 19.7. The summed E-state index contributed by atoms with van der Waals surface area (Å²) in [6.07, 6.45) is 1.74. The average molecular weight is 402 g/mol. The van der Waals surface area contributed by atoms with E-state index in [0.29, 0.717) is 31.1 Å². The fraction of sp³-hybridized carbons (Fsp3) is 0.350. The van der Waals surface area contributed by atoms with Gasteiger partial charge in [-0.3, -0.25) is 4.79 Å². The van der Waals surface area contributed by atoms with Crippen molar-refractivity contribution in [1.29, 1.82) is 0 Å².